The van der Waals surface area contributed by atoms with Crippen molar-refractivity contribution in [2.75, 3.05) is 6.61 Å². The maximum Gasteiger partial charge on any atom is 0.338 e. The van der Waals surface area contributed by atoms with E-state index in [4.69, 9.17) is 4.74 Å². The monoisotopic (exact) mass is 321 g/mol. The molecule has 5 heteroatoms. The first-order chi connectivity index (χ1) is 10.8. The van der Waals surface area contributed by atoms with Crippen LogP contribution in [0.3, 0.4) is 0 Å². The molecular weight excluding hydrogens is 294 g/mol. The number of nitrogens with one attached hydrogen (secondary N) is 1. The Bertz CT molecular complexity index is 540. The summed E-state index contributed by atoms with van der Waals surface area (Å²) in [7, 11) is 0. The second kappa shape index (κ2) is 9.18. The van der Waals surface area contributed by atoms with E-state index < -0.39 is 5.97 Å². The van der Waals surface area contributed by atoms with Crippen LogP contribution in [0.1, 0.15) is 56.0 Å². The molecule has 128 valence electrons. The molecule has 23 heavy (non-hydrogen) atoms. The molecule has 1 aromatic rings. The zero-order valence-corrected chi connectivity index (χ0v) is 14.4. The van der Waals surface area contributed by atoms with Gasteiger partial charge in [0, 0.05) is 6.04 Å². The van der Waals surface area contributed by atoms with E-state index in [-0.39, 0.29) is 29.9 Å². The number of carbonyl (C=O) groups excluding carboxylic acids is 2. The zero-order chi connectivity index (χ0) is 17.4. The molecule has 0 aliphatic rings. The van der Waals surface area contributed by atoms with Crippen LogP contribution in [0.25, 0.3) is 0 Å². The number of carbonyl (C=O) groups is 2. The van der Waals surface area contributed by atoms with Crippen LogP contribution in [0.15, 0.2) is 18.2 Å². The van der Waals surface area contributed by atoms with Crippen molar-refractivity contribution in [1.82, 2.24) is 5.32 Å². The van der Waals surface area contributed by atoms with E-state index in [1.54, 1.807) is 19.1 Å². The summed E-state index contributed by atoms with van der Waals surface area (Å²) in [5.41, 5.74) is 0.903. The highest BCUT2D eigenvalue weighted by Crippen LogP contribution is 2.17. The molecule has 0 aromatic heterocycles. The number of hydrogen-bond donors (Lipinski definition) is 2. The van der Waals surface area contributed by atoms with Crippen LogP contribution < -0.4 is 5.32 Å². The third kappa shape index (κ3) is 7.17. The van der Waals surface area contributed by atoms with Gasteiger partial charge < -0.3 is 15.2 Å². The van der Waals surface area contributed by atoms with Crippen molar-refractivity contribution in [3.05, 3.63) is 29.3 Å². The van der Waals surface area contributed by atoms with Crippen molar-refractivity contribution in [3.63, 3.8) is 0 Å². The Morgan fingerprint density at radius 3 is 2.52 bits per heavy atom. The Hall–Kier alpha value is -2.04. The van der Waals surface area contributed by atoms with Gasteiger partial charge in [0.15, 0.2) is 6.61 Å². The molecular formula is C18H27NO4. The average molecular weight is 321 g/mol. The van der Waals surface area contributed by atoms with Gasteiger partial charge >= 0.3 is 5.97 Å². The largest absolute Gasteiger partial charge is 0.508 e. The highest BCUT2D eigenvalue weighted by atomic mass is 16.5. The number of phenolic OH excluding ortho intramolecular Hbond substituents is 1. The van der Waals surface area contributed by atoms with Crippen molar-refractivity contribution in [1.29, 1.82) is 0 Å². The maximum atomic E-state index is 11.8. The minimum atomic E-state index is -0.622. The molecule has 0 spiro atoms. The normalized spacial score (nSPS) is 12.0. The van der Waals surface area contributed by atoms with E-state index in [1.807, 2.05) is 6.92 Å². The van der Waals surface area contributed by atoms with Crippen molar-refractivity contribution in [3.8, 4) is 5.75 Å². The number of ether oxygens (including phenoxy) is 1. The lowest BCUT2D eigenvalue weighted by Crippen LogP contribution is -2.35. The van der Waals surface area contributed by atoms with Crippen molar-refractivity contribution >= 4 is 11.9 Å². The molecule has 1 unspecified atom stereocenters. The Labute approximate surface area is 138 Å². The third-order valence-corrected chi connectivity index (χ3v) is 3.61. The fourth-order valence-corrected chi connectivity index (χ4v) is 2.17. The number of rotatable bonds is 8. The first-order valence-corrected chi connectivity index (χ1v) is 8.05. The minimum absolute atomic E-state index is 0.0303. The quantitative estimate of drug-likeness (QED) is 0.721. The summed E-state index contributed by atoms with van der Waals surface area (Å²) in [6.07, 6.45) is 3.09. The number of aromatic hydroxyl groups is 1. The zero-order valence-electron chi connectivity index (χ0n) is 14.4. The molecule has 0 aliphatic carbocycles. The fraction of sp³-hybridized carbons (Fsp3) is 0.556. The predicted molar refractivity (Wildman–Crippen MR) is 89.4 cm³/mol. The van der Waals surface area contributed by atoms with Gasteiger partial charge in [-0.2, -0.15) is 0 Å². The molecule has 1 atom stereocenters. The lowest BCUT2D eigenvalue weighted by atomic mass is 10.0. The van der Waals surface area contributed by atoms with Crippen LogP contribution in [0.2, 0.25) is 0 Å². The molecule has 1 amide bonds. The van der Waals surface area contributed by atoms with Gasteiger partial charge in [0.1, 0.15) is 5.75 Å². The molecule has 0 heterocycles. The second-order valence-corrected chi connectivity index (χ2v) is 6.37. The van der Waals surface area contributed by atoms with Gasteiger partial charge in [-0.05, 0) is 43.9 Å². The van der Waals surface area contributed by atoms with E-state index in [1.165, 1.54) is 6.07 Å². The standard InChI is InChI=1S/C18H27NO4/c1-12(2)6-5-7-14(4)19-17(21)11-23-18(22)15-9-8-13(3)16(20)10-15/h8-10,12,14,20H,5-7,11H2,1-4H3,(H,19,21). The van der Waals surface area contributed by atoms with Crippen LogP contribution in [0.5, 0.6) is 5.75 Å². The molecule has 0 saturated heterocycles. The minimum Gasteiger partial charge on any atom is -0.508 e. The number of hydrogen-bond acceptors (Lipinski definition) is 4. The number of aryl methyl sites for hydroxylation is 1. The third-order valence-electron chi connectivity index (χ3n) is 3.61. The summed E-state index contributed by atoms with van der Waals surface area (Å²) in [6.45, 7) is 7.70. The lowest BCUT2D eigenvalue weighted by Gasteiger charge is -2.14. The maximum absolute atomic E-state index is 11.8. The molecule has 0 fully saturated rings. The lowest BCUT2D eigenvalue weighted by molar-refractivity contribution is -0.124. The molecule has 0 radical (unpaired) electrons. The predicted octanol–water partition coefficient (Wildman–Crippen LogP) is 3.19. The first-order valence-electron chi connectivity index (χ1n) is 8.05. The van der Waals surface area contributed by atoms with Crippen molar-refractivity contribution < 1.29 is 19.4 Å². The number of esters is 1. The van der Waals surface area contributed by atoms with E-state index in [0.717, 1.165) is 19.3 Å². The number of amides is 1. The van der Waals surface area contributed by atoms with Gasteiger partial charge in [0.25, 0.3) is 5.91 Å². The highest BCUT2D eigenvalue weighted by Gasteiger charge is 2.13. The van der Waals surface area contributed by atoms with Gasteiger partial charge in [-0.25, -0.2) is 4.79 Å². The molecule has 0 saturated carbocycles. The fourth-order valence-electron chi connectivity index (χ4n) is 2.17. The summed E-state index contributed by atoms with van der Waals surface area (Å²) in [6, 6.07) is 4.58. The van der Waals surface area contributed by atoms with E-state index in [9.17, 15) is 14.7 Å². The first kappa shape index (κ1) is 19.0. The summed E-state index contributed by atoms with van der Waals surface area (Å²) in [5.74, 6) is -0.248. The van der Waals surface area contributed by atoms with Crippen LogP contribution >= 0.6 is 0 Å². The topological polar surface area (TPSA) is 75.6 Å². The van der Waals surface area contributed by atoms with Gasteiger partial charge in [0.05, 0.1) is 5.56 Å². The summed E-state index contributed by atoms with van der Waals surface area (Å²) >= 11 is 0. The van der Waals surface area contributed by atoms with E-state index >= 15 is 0 Å². The van der Waals surface area contributed by atoms with Gasteiger partial charge in [-0.1, -0.05) is 32.8 Å². The van der Waals surface area contributed by atoms with Gasteiger partial charge in [-0.15, -0.1) is 0 Å². The van der Waals surface area contributed by atoms with Crippen molar-refractivity contribution in [2.45, 2.75) is 53.0 Å². The Balaban J connectivity index is 2.34. The average Bonchev–Trinajstić information content (AvgIpc) is 2.47. The molecule has 2 N–H and O–H groups in total. The van der Waals surface area contributed by atoms with Crippen LogP contribution in [0.4, 0.5) is 0 Å². The Kier molecular flexibility index (Phi) is 7.59. The van der Waals surface area contributed by atoms with Crippen LogP contribution in [-0.2, 0) is 9.53 Å². The number of benzene rings is 1. The second-order valence-electron chi connectivity index (χ2n) is 6.37. The molecule has 5 nitrogen and oxygen atoms in total. The summed E-state index contributed by atoms with van der Waals surface area (Å²) in [5, 5.41) is 12.4. The van der Waals surface area contributed by atoms with Crippen LogP contribution in [0, 0.1) is 12.8 Å². The van der Waals surface area contributed by atoms with Crippen molar-refractivity contribution in [2.24, 2.45) is 5.92 Å². The highest BCUT2D eigenvalue weighted by molar-refractivity contribution is 5.91. The smallest absolute Gasteiger partial charge is 0.338 e. The molecule has 1 aromatic carbocycles. The molecule has 0 aliphatic heterocycles. The summed E-state index contributed by atoms with van der Waals surface area (Å²) < 4.78 is 4.97. The number of phenols is 1. The van der Waals surface area contributed by atoms with E-state index in [2.05, 4.69) is 19.2 Å². The van der Waals surface area contributed by atoms with Gasteiger partial charge in [0.2, 0.25) is 0 Å². The van der Waals surface area contributed by atoms with Crippen LogP contribution in [-0.4, -0.2) is 29.6 Å². The van der Waals surface area contributed by atoms with E-state index in [0.29, 0.717) is 11.5 Å². The SMILES string of the molecule is Cc1ccc(C(=O)OCC(=O)NC(C)CCCC(C)C)cc1O. The Morgan fingerprint density at radius 2 is 1.91 bits per heavy atom. The Morgan fingerprint density at radius 1 is 1.22 bits per heavy atom. The molecule has 1 rings (SSSR count). The van der Waals surface area contributed by atoms with Gasteiger partial charge in [-0.3, -0.25) is 4.79 Å². The molecule has 0 bridgehead atoms. The summed E-state index contributed by atoms with van der Waals surface area (Å²) in [4.78, 5) is 23.6.